The number of nitro groups is 1. The van der Waals surface area contributed by atoms with Gasteiger partial charge in [-0.1, -0.05) is 6.07 Å². The number of hydrogen-bond acceptors (Lipinski definition) is 6. The van der Waals surface area contributed by atoms with Gasteiger partial charge in [-0.2, -0.15) is 5.10 Å². The van der Waals surface area contributed by atoms with E-state index < -0.39 is 11.0 Å². The molecule has 0 amide bonds. The van der Waals surface area contributed by atoms with Crippen LogP contribution >= 0.6 is 11.3 Å². The molecule has 2 aromatic heterocycles. The SMILES string of the molecule is O=[N+]([O-])c1cnn(C[C@H](O)CN2CCC[C@H]2c2cccs2)c1. The summed E-state index contributed by atoms with van der Waals surface area (Å²) in [5.41, 5.74) is -0.0511. The van der Waals surface area contributed by atoms with Crippen molar-refractivity contribution in [3.63, 3.8) is 0 Å². The average Bonchev–Trinajstić information content (AvgIpc) is 3.18. The van der Waals surface area contributed by atoms with E-state index in [0.717, 1.165) is 19.4 Å². The van der Waals surface area contributed by atoms with Crippen molar-refractivity contribution in [2.24, 2.45) is 0 Å². The van der Waals surface area contributed by atoms with Crippen LogP contribution < -0.4 is 0 Å². The van der Waals surface area contributed by atoms with Crippen LogP contribution in [0.3, 0.4) is 0 Å². The van der Waals surface area contributed by atoms with Gasteiger partial charge < -0.3 is 5.11 Å². The third-order valence-corrected chi connectivity index (χ3v) is 4.88. The minimum atomic E-state index is -0.597. The number of aromatic nitrogens is 2. The molecule has 1 aliphatic heterocycles. The van der Waals surface area contributed by atoms with Crippen LogP contribution in [0.5, 0.6) is 0 Å². The van der Waals surface area contributed by atoms with Gasteiger partial charge in [0.1, 0.15) is 12.4 Å². The first-order valence-electron chi connectivity index (χ1n) is 7.26. The van der Waals surface area contributed by atoms with Crippen LogP contribution in [0.1, 0.15) is 23.8 Å². The molecule has 0 saturated carbocycles. The lowest BCUT2D eigenvalue weighted by Gasteiger charge is -2.26. The number of rotatable bonds is 6. The van der Waals surface area contributed by atoms with Gasteiger partial charge in [0, 0.05) is 17.5 Å². The molecule has 0 unspecified atom stereocenters. The Balaban J connectivity index is 1.58. The monoisotopic (exact) mass is 322 g/mol. The smallest absolute Gasteiger partial charge is 0.306 e. The van der Waals surface area contributed by atoms with E-state index in [-0.39, 0.29) is 12.2 Å². The number of thiophene rings is 1. The predicted octanol–water partition coefficient (Wildman–Crippen LogP) is 2.05. The Bertz CT molecular complexity index is 628. The second kappa shape index (κ2) is 6.55. The molecule has 2 aromatic rings. The molecule has 1 saturated heterocycles. The minimum absolute atomic E-state index is 0.0511. The van der Waals surface area contributed by atoms with Crippen molar-refractivity contribution in [1.82, 2.24) is 14.7 Å². The fourth-order valence-corrected chi connectivity index (χ4v) is 3.83. The largest absolute Gasteiger partial charge is 0.390 e. The topological polar surface area (TPSA) is 84.4 Å². The first-order chi connectivity index (χ1) is 10.6. The summed E-state index contributed by atoms with van der Waals surface area (Å²) < 4.78 is 1.43. The third kappa shape index (κ3) is 3.34. The van der Waals surface area contributed by atoms with Crippen molar-refractivity contribution in [2.75, 3.05) is 13.1 Å². The van der Waals surface area contributed by atoms with E-state index in [2.05, 4.69) is 27.5 Å². The Morgan fingerprint density at radius 3 is 3.09 bits per heavy atom. The molecule has 7 nitrogen and oxygen atoms in total. The highest BCUT2D eigenvalue weighted by Crippen LogP contribution is 2.34. The van der Waals surface area contributed by atoms with Gasteiger partial charge in [-0.3, -0.25) is 19.7 Å². The summed E-state index contributed by atoms with van der Waals surface area (Å²) in [6, 6.07) is 4.56. The number of likely N-dealkylation sites (tertiary alicyclic amines) is 1. The van der Waals surface area contributed by atoms with Crippen molar-refractivity contribution in [3.8, 4) is 0 Å². The van der Waals surface area contributed by atoms with Gasteiger partial charge in [-0.05, 0) is 30.8 Å². The van der Waals surface area contributed by atoms with Crippen molar-refractivity contribution < 1.29 is 10.0 Å². The van der Waals surface area contributed by atoms with Crippen LogP contribution in [-0.2, 0) is 6.54 Å². The maximum absolute atomic E-state index is 10.6. The first kappa shape index (κ1) is 15.1. The van der Waals surface area contributed by atoms with Crippen molar-refractivity contribution >= 4 is 17.0 Å². The maximum Gasteiger partial charge on any atom is 0.306 e. The molecule has 2 atom stereocenters. The highest BCUT2D eigenvalue weighted by atomic mass is 32.1. The molecule has 0 aromatic carbocycles. The Labute approximate surface area is 131 Å². The molecule has 0 radical (unpaired) electrons. The molecule has 3 rings (SSSR count). The summed E-state index contributed by atoms with van der Waals surface area (Å²) in [5.74, 6) is 0. The molecule has 1 N–H and O–H groups in total. The lowest BCUT2D eigenvalue weighted by atomic mass is 10.2. The summed E-state index contributed by atoms with van der Waals surface area (Å²) in [6.07, 6.45) is 4.20. The number of β-amino-alcohol motifs (C(OH)–C–C–N with tert-alkyl or cyclic N) is 1. The van der Waals surface area contributed by atoms with E-state index >= 15 is 0 Å². The zero-order valence-electron chi connectivity index (χ0n) is 12.0. The summed E-state index contributed by atoms with van der Waals surface area (Å²) in [4.78, 5) is 13.8. The van der Waals surface area contributed by atoms with Crippen LogP contribution in [0.4, 0.5) is 5.69 Å². The molecular weight excluding hydrogens is 304 g/mol. The van der Waals surface area contributed by atoms with E-state index in [1.54, 1.807) is 11.3 Å². The fourth-order valence-electron chi connectivity index (χ4n) is 2.94. The summed E-state index contributed by atoms with van der Waals surface area (Å²) in [7, 11) is 0. The molecule has 3 heterocycles. The molecule has 1 aliphatic rings. The lowest BCUT2D eigenvalue weighted by molar-refractivity contribution is -0.385. The van der Waals surface area contributed by atoms with Gasteiger partial charge in [0.15, 0.2) is 0 Å². The summed E-state index contributed by atoms with van der Waals surface area (Å²) in [6.45, 7) is 1.79. The van der Waals surface area contributed by atoms with E-state index in [4.69, 9.17) is 0 Å². The minimum Gasteiger partial charge on any atom is -0.390 e. The predicted molar refractivity (Wildman–Crippen MR) is 82.8 cm³/mol. The molecule has 22 heavy (non-hydrogen) atoms. The van der Waals surface area contributed by atoms with E-state index in [9.17, 15) is 15.2 Å². The van der Waals surface area contributed by atoms with Gasteiger partial charge in [0.05, 0.1) is 17.6 Å². The first-order valence-corrected chi connectivity index (χ1v) is 8.14. The third-order valence-electron chi connectivity index (χ3n) is 3.91. The second-order valence-corrected chi connectivity index (χ2v) is 6.48. The molecule has 0 aliphatic carbocycles. The standard InChI is InChI=1S/C14H18N4O3S/c19-12(10-17-8-11(7-15-17)18(20)21)9-16-5-1-3-13(16)14-4-2-6-22-14/h2,4,6-8,12-13,19H,1,3,5,9-10H2/t12-,13+/m1/s1. The maximum atomic E-state index is 10.6. The van der Waals surface area contributed by atoms with Crippen LogP contribution in [0.15, 0.2) is 29.9 Å². The Kier molecular flexibility index (Phi) is 4.51. The molecule has 0 spiro atoms. The number of nitrogens with zero attached hydrogens (tertiary/aromatic N) is 4. The van der Waals surface area contributed by atoms with Gasteiger partial charge in [-0.25, -0.2) is 0 Å². The Hall–Kier alpha value is -1.77. The highest BCUT2D eigenvalue weighted by molar-refractivity contribution is 7.10. The summed E-state index contributed by atoms with van der Waals surface area (Å²) in [5, 5.41) is 26.9. The van der Waals surface area contributed by atoms with Gasteiger partial charge in [0.25, 0.3) is 0 Å². The second-order valence-electron chi connectivity index (χ2n) is 5.50. The van der Waals surface area contributed by atoms with Crippen LogP contribution in [0.25, 0.3) is 0 Å². The molecule has 1 fully saturated rings. The molecule has 118 valence electrons. The van der Waals surface area contributed by atoms with Gasteiger partial charge in [0.2, 0.25) is 0 Å². The number of hydrogen-bond donors (Lipinski definition) is 1. The molecule has 8 heteroatoms. The lowest BCUT2D eigenvalue weighted by Crippen LogP contribution is -2.34. The molecule has 0 bridgehead atoms. The zero-order valence-corrected chi connectivity index (χ0v) is 12.9. The molecular formula is C14H18N4O3S. The normalized spacial score (nSPS) is 20.3. The van der Waals surface area contributed by atoms with E-state index in [0.29, 0.717) is 12.6 Å². The Morgan fingerprint density at radius 2 is 2.41 bits per heavy atom. The van der Waals surface area contributed by atoms with Crippen LogP contribution in [0, 0.1) is 10.1 Å². The fraction of sp³-hybridized carbons (Fsp3) is 0.500. The quantitative estimate of drug-likeness (QED) is 0.650. The Morgan fingerprint density at radius 1 is 1.55 bits per heavy atom. The summed E-state index contributed by atoms with van der Waals surface area (Å²) >= 11 is 1.75. The van der Waals surface area contributed by atoms with Gasteiger partial charge in [-0.15, -0.1) is 11.3 Å². The van der Waals surface area contributed by atoms with Crippen molar-refractivity contribution in [1.29, 1.82) is 0 Å². The van der Waals surface area contributed by atoms with Crippen LogP contribution in [-0.4, -0.2) is 43.9 Å². The number of aliphatic hydroxyl groups excluding tert-OH is 1. The zero-order chi connectivity index (χ0) is 15.5. The van der Waals surface area contributed by atoms with Crippen molar-refractivity contribution in [2.45, 2.75) is 31.5 Å². The van der Waals surface area contributed by atoms with Crippen LogP contribution in [0.2, 0.25) is 0 Å². The number of aliphatic hydroxyl groups is 1. The highest BCUT2D eigenvalue weighted by Gasteiger charge is 2.28. The van der Waals surface area contributed by atoms with Gasteiger partial charge >= 0.3 is 5.69 Å². The van der Waals surface area contributed by atoms with E-state index in [1.165, 1.54) is 22.0 Å². The van der Waals surface area contributed by atoms with E-state index in [1.807, 2.05) is 0 Å². The van der Waals surface area contributed by atoms with Crippen molar-refractivity contribution in [3.05, 3.63) is 44.9 Å². The average molecular weight is 322 g/mol.